The van der Waals surface area contributed by atoms with Gasteiger partial charge in [-0.1, -0.05) is 32.4 Å². The molecule has 0 bridgehead atoms. The molecule has 4 heteroatoms. The number of hydrogen-bond acceptors (Lipinski definition) is 3. The van der Waals surface area contributed by atoms with Gasteiger partial charge >= 0.3 is 0 Å². The fraction of sp³-hybridized carbons (Fsp3) is 0.600. The second-order valence-electron chi connectivity index (χ2n) is 3.51. The third-order valence-corrected chi connectivity index (χ3v) is 2.26. The maximum absolute atomic E-state index is 6.01. The van der Waals surface area contributed by atoms with E-state index in [1.165, 1.54) is 6.33 Å². The first-order valence-electron chi connectivity index (χ1n) is 4.91. The Morgan fingerprint density at radius 2 is 2.14 bits per heavy atom. The Kier molecular flexibility index (Phi) is 4.14. The highest BCUT2D eigenvalue weighted by molar-refractivity contribution is 6.30. The first-order valence-corrected chi connectivity index (χ1v) is 5.28. The summed E-state index contributed by atoms with van der Waals surface area (Å²) in [6.07, 6.45) is 2.56. The standard InChI is InChI=1S/C10H16ClN3/c1-4-5-12-10-8(7(2)3)9(11)13-6-14-10/h6-7H,4-5H2,1-3H3,(H,12,13,14). The number of nitrogens with one attached hydrogen (secondary N) is 1. The van der Waals surface area contributed by atoms with Crippen molar-refractivity contribution in [1.29, 1.82) is 0 Å². The van der Waals surface area contributed by atoms with E-state index in [-0.39, 0.29) is 0 Å². The molecule has 0 aliphatic heterocycles. The highest BCUT2D eigenvalue weighted by atomic mass is 35.5. The molecule has 0 saturated heterocycles. The Hall–Kier alpha value is -0.830. The van der Waals surface area contributed by atoms with Crippen molar-refractivity contribution in [2.45, 2.75) is 33.1 Å². The van der Waals surface area contributed by atoms with Gasteiger partial charge in [0, 0.05) is 12.1 Å². The summed E-state index contributed by atoms with van der Waals surface area (Å²) < 4.78 is 0. The van der Waals surface area contributed by atoms with Crippen LogP contribution in [-0.4, -0.2) is 16.5 Å². The zero-order valence-corrected chi connectivity index (χ0v) is 9.60. The van der Waals surface area contributed by atoms with Gasteiger partial charge in [-0.15, -0.1) is 0 Å². The number of anilines is 1. The quantitative estimate of drug-likeness (QED) is 0.782. The number of hydrogen-bond donors (Lipinski definition) is 1. The molecule has 0 aliphatic rings. The first kappa shape index (κ1) is 11.2. The van der Waals surface area contributed by atoms with Gasteiger partial charge in [0.2, 0.25) is 0 Å². The van der Waals surface area contributed by atoms with Crippen LogP contribution < -0.4 is 5.32 Å². The number of rotatable bonds is 4. The van der Waals surface area contributed by atoms with Gasteiger partial charge in [0.1, 0.15) is 17.3 Å². The van der Waals surface area contributed by atoms with Gasteiger partial charge in [0.25, 0.3) is 0 Å². The lowest BCUT2D eigenvalue weighted by Crippen LogP contribution is -2.07. The first-order chi connectivity index (χ1) is 6.66. The minimum Gasteiger partial charge on any atom is -0.370 e. The van der Waals surface area contributed by atoms with Crippen molar-refractivity contribution in [1.82, 2.24) is 9.97 Å². The fourth-order valence-corrected chi connectivity index (χ4v) is 1.62. The summed E-state index contributed by atoms with van der Waals surface area (Å²) >= 11 is 6.01. The monoisotopic (exact) mass is 213 g/mol. The predicted octanol–water partition coefficient (Wildman–Crippen LogP) is 3.08. The molecule has 1 rings (SSSR count). The molecule has 0 atom stereocenters. The van der Waals surface area contributed by atoms with E-state index in [1.54, 1.807) is 0 Å². The zero-order valence-electron chi connectivity index (χ0n) is 8.84. The van der Waals surface area contributed by atoms with Crippen LogP contribution in [0.25, 0.3) is 0 Å². The molecular formula is C10H16ClN3. The average Bonchev–Trinajstić information content (AvgIpc) is 2.14. The van der Waals surface area contributed by atoms with Gasteiger partial charge in [-0.05, 0) is 12.3 Å². The van der Waals surface area contributed by atoms with E-state index >= 15 is 0 Å². The highest BCUT2D eigenvalue weighted by Gasteiger charge is 2.12. The fourth-order valence-electron chi connectivity index (χ4n) is 1.27. The van der Waals surface area contributed by atoms with Crippen molar-refractivity contribution in [3.8, 4) is 0 Å². The van der Waals surface area contributed by atoms with Crippen LogP contribution in [0.2, 0.25) is 5.15 Å². The number of aromatic nitrogens is 2. The summed E-state index contributed by atoms with van der Waals surface area (Å²) in [4.78, 5) is 8.18. The summed E-state index contributed by atoms with van der Waals surface area (Å²) in [7, 11) is 0. The predicted molar refractivity (Wildman–Crippen MR) is 59.9 cm³/mol. The Balaban J connectivity index is 2.96. The van der Waals surface area contributed by atoms with Crippen LogP contribution in [0.4, 0.5) is 5.82 Å². The van der Waals surface area contributed by atoms with Crippen molar-refractivity contribution >= 4 is 17.4 Å². The van der Waals surface area contributed by atoms with E-state index < -0.39 is 0 Å². The molecule has 3 nitrogen and oxygen atoms in total. The Labute approximate surface area is 89.9 Å². The topological polar surface area (TPSA) is 37.8 Å². The maximum atomic E-state index is 6.01. The van der Waals surface area contributed by atoms with Crippen LogP contribution in [0.5, 0.6) is 0 Å². The van der Waals surface area contributed by atoms with Gasteiger partial charge in [0.15, 0.2) is 0 Å². The van der Waals surface area contributed by atoms with E-state index in [4.69, 9.17) is 11.6 Å². The van der Waals surface area contributed by atoms with E-state index in [2.05, 4.69) is 36.1 Å². The largest absolute Gasteiger partial charge is 0.370 e. The number of halogens is 1. The summed E-state index contributed by atoms with van der Waals surface area (Å²) in [5.41, 5.74) is 1.00. The molecule has 0 radical (unpaired) electrons. The summed E-state index contributed by atoms with van der Waals surface area (Å²) in [5.74, 6) is 1.20. The minimum atomic E-state index is 0.336. The average molecular weight is 214 g/mol. The third kappa shape index (κ3) is 2.58. The van der Waals surface area contributed by atoms with E-state index in [0.29, 0.717) is 11.1 Å². The smallest absolute Gasteiger partial charge is 0.138 e. The molecular weight excluding hydrogens is 198 g/mol. The van der Waals surface area contributed by atoms with Crippen LogP contribution >= 0.6 is 11.6 Å². The van der Waals surface area contributed by atoms with Crippen LogP contribution in [-0.2, 0) is 0 Å². The van der Waals surface area contributed by atoms with E-state index in [1.807, 2.05) is 0 Å². The molecule has 0 spiro atoms. The van der Waals surface area contributed by atoms with Gasteiger partial charge in [-0.2, -0.15) is 0 Å². The zero-order chi connectivity index (χ0) is 10.6. The highest BCUT2D eigenvalue weighted by Crippen LogP contribution is 2.27. The van der Waals surface area contributed by atoms with Gasteiger partial charge < -0.3 is 5.32 Å². The van der Waals surface area contributed by atoms with Gasteiger partial charge in [-0.25, -0.2) is 9.97 Å². The molecule has 0 unspecified atom stereocenters. The molecule has 1 N–H and O–H groups in total. The van der Waals surface area contributed by atoms with Gasteiger partial charge in [0.05, 0.1) is 0 Å². The molecule has 0 saturated carbocycles. The van der Waals surface area contributed by atoms with Crippen molar-refractivity contribution in [2.75, 3.05) is 11.9 Å². The molecule has 0 aromatic carbocycles. The lowest BCUT2D eigenvalue weighted by Gasteiger charge is -2.13. The van der Waals surface area contributed by atoms with Crippen molar-refractivity contribution in [2.24, 2.45) is 0 Å². The Bertz CT molecular complexity index is 299. The molecule has 14 heavy (non-hydrogen) atoms. The second kappa shape index (κ2) is 5.15. The van der Waals surface area contributed by atoms with Crippen molar-refractivity contribution in [3.63, 3.8) is 0 Å². The molecule has 1 aromatic rings. The van der Waals surface area contributed by atoms with Crippen LogP contribution in [0.3, 0.4) is 0 Å². The molecule has 0 fully saturated rings. The lowest BCUT2D eigenvalue weighted by molar-refractivity contribution is 0.841. The second-order valence-corrected chi connectivity index (χ2v) is 3.87. The van der Waals surface area contributed by atoms with E-state index in [9.17, 15) is 0 Å². The summed E-state index contributed by atoms with van der Waals surface area (Å²) in [6.45, 7) is 7.20. The Morgan fingerprint density at radius 1 is 1.43 bits per heavy atom. The van der Waals surface area contributed by atoms with Crippen molar-refractivity contribution < 1.29 is 0 Å². The maximum Gasteiger partial charge on any atom is 0.138 e. The lowest BCUT2D eigenvalue weighted by atomic mass is 10.1. The molecule has 1 heterocycles. The van der Waals surface area contributed by atoms with Crippen LogP contribution in [0, 0.1) is 0 Å². The van der Waals surface area contributed by atoms with Crippen LogP contribution in [0.15, 0.2) is 6.33 Å². The molecule has 78 valence electrons. The Morgan fingerprint density at radius 3 is 2.71 bits per heavy atom. The normalized spacial score (nSPS) is 10.6. The van der Waals surface area contributed by atoms with E-state index in [0.717, 1.165) is 24.3 Å². The SMILES string of the molecule is CCCNc1ncnc(Cl)c1C(C)C. The van der Waals surface area contributed by atoms with Gasteiger partial charge in [-0.3, -0.25) is 0 Å². The summed E-state index contributed by atoms with van der Waals surface area (Å²) in [5, 5.41) is 3.80. The third-order valence-electron chi connectivity index (χ3n) is 1.96. The molecule has 0 amide bonds. The number of nitrogens with zero attached hydrogens (tertiary/aromatic N) is 2. The molecule has 0 aliphatic carbocycles. The van der Waals surface area contributed by atoms with Crippen LogP contribution in [0.1, 0.15) is 38.7 Å². The van der Waals surface area contributed by atoms with Crippen molar-refractivity contribution in [3.05, 3.63) is 17.0 Å². The summed E-state index contributed by atoms with van der Waals surface area (Å²) in [6, 6.07) is 0. The molecule has 1 aromatic heterocycles. The minimum absolute atomic E-state index is 0.336.